The number of nitrogens with zero attached hydrogens (tertiary/aromatic N) is 3. The van der Waals surface area contributed by atoms with Crippen LogP contribution >= 0.6 is 11.3 Å². The zero-order valence-electron chi connectivity index (χ0n) is 18.0. The molecule has 4 rings (SSSR count). The molecule has 0 atom stereocenters. The first kappa shape index (κ1) is 21.0. The minimum atomic E-state index is 0.0138. The molecule has 7 heteroatoms. The van der Waals surface area contributed by atoms with Gasteiger partial charge in [0.15, 0.2) is 0 Å². The van der Waals surface area contributed by atoms with Crippen LogP contribution in [-0.4, -0.2) is 53.9 Å². The van der Waals surface area contributed by atoms with Crippen LogP contribution in [0.4, 0.5) is 5.69 Å². The van der Waals surface area contributed by atoms with Gasteiger partial charge in [-0.3, -0.25) is 14.5 Å². The van der Waals surface area contributed by atoms with Gasteiger partial charge in [0, 0.05) is 48.2 Å². The Labute approximate surface area is 182 Å². The molecule has 2 amide bonds. The van der Waals surface area contributed by atoms with Gasteiger partial charge in [-0.05, 0) is 43.9 Å². The van der Waals surface area contributed by atoms with E-state index in [1.165, 1.54) is 5.56 Å². The van der Waals surface area contributed by atoms with Crippen molar-refractivity contribution in [2.75, 3.05) is 31.1 Å². The molecule has 1 aromatic carbocycles. The summed E-state index contributed by atoms with van der Waals surface area (Å²) in [4.78, 5) is 33.6. The van der Waals surface area contributed by atoms with Crippen LogP contribution in [0, 0.1) is 12.8 Å². The van der Waals surface area contributed by atoms with Crippen molar-refractivity contribution < 1.29 is 9.59 Å². The first-order valence-electron chi connectivity index (χ1n) is 10.8. The van der Waals surface area contributed by atoms with Crippen molar-refractivity contribution in [1.29, 1.82) is 0 Å². The van der Waals surface area contributed by atoms with E-state index in [4.69, 9.17) is 0 Å². The maximum absolute atomic E-state index is 13.0. The number of rotatable bonds is 5. The van der Waals surface area contributed by atoms with Gasteiger partial charge in [-0.1, -0.05) is 19.9 Å². The Morgan fingerprint density at radius 3 is 2.67 bits per heavy atom. The van der Waals surface area contributed by atoms with Gasteiger partial charge in [0.2, 0.25) is 11.8 Å². The molecule has 2 aliphatic rings. The highest BCUT2D eigenvalue weighted by Crippen LogP contribution is 2.33. The van der Waals surface area contributed by atoms with Crippen LogP contribution in [0.5, 0.6) is 0 Å². The van der Waals surface area contributed by atoms with Gasteiger partial charge in [0.25, 0.3) is 0 Å². The Balaban J connectivity index is 1.33. The summed E-state index contributed by atoms with van der Waals surface area (Å²) in [6.07, 6.45) is 2.69. The van der Waals surface area contributed by atoms with E-state index in [0.717, 1.165) is 60.8 Å². The molecule has 1 fully saturated rings. The number of benzene rings is 1. The van der Waals surface area contributed by atoms with E-state index in [1.807, 2.05) is 25.7 Å². The minimum Gasteiger partial charge on any atom is -0.353 e. The average Bonchev–Trinajstić information content (AvgIpc) is 3.35. The van der Waals surface area contributed by atoms with Crippen LogP contribution in [0.3, 0.4) is 0 Å². The summed E-state index contributed by atoms with van der Waals surface area (Å²) >= 11 is 1.66. The highest BCUT2D eigenvalue weighted by atomic mass is 32.1. The summed E-state index contributed by atoms with van der Waals surface area (Å²) in [5, 5.41) is 6.27. The maximum Gasteiger partial charge on any atom is 0.241 e. The molecule has 0 spiro atoms. The van der Waals surface area contributed by atoms with Gasteiger partial charge in [-0.2, -0.15) is 0 Å². The molecular formula is C23H30N4O2S. The summed E-state index contributed by atoms with van der Waals surface area (Å²) in [6, 6.07) is 6.55. The predicted molar refractivity (Wildman–Crippen MR) is 121 cm³/mol. The van der Waals surface area contributed by atoms with E-state index in [-0.39, 0.29) is 23.8 Å². The topological polar surface area (TPSA) is 65.5 Å². The molecule has 0 aliphatic carbocycles. The van der Waals surface area contributed by atoms with Crippen molar-refractivity contribution >= 4 is 28.8 Å². The van der Waals surface area contributed by atoms with Crippen molar-refractivity contribution in [2.45, 2.75) is 46.1 Å². The third-order valence-corrected chi connectivity index (χ3v) is 6.78. The van der Waals surface area contributed by atoms with Crippen LogP contribution in [0.1, 0.15) is 37.3 Å². The molecule has 1 N–H and O–H groups in total. The average molecular weight is 427 g/mol. The Kier molecular flexibility index (Phi) is 6.20. The number of likely N-dealkylation sites (tertiary alicyclic amines) is 1. The molecule has 0 radical (unpaired) electrons. The van der Waals surface area contributed by atoms with Crippen LogP contribution in [0.15, 0.2) is 23.6 Å². The number of hydrogen-bond acceptors (Lipinski definition) is 5. The molecule has 6 nitrogen and oxygen atoms in total. The lowest BCUT2D eigenvalue weighted by Crippen LogP contribution is -2.48. The summed E-state index contributed by atoms with van der Waals surface area (Å²) in [6.45, 7) is 8.72. The number of anilines is 1. The summed E-state index contributed by atoms with van der Waals surface area (Å²) in [7, 11) is 0. The number of nitrogens with one attached hydrogen (secondary N) is 1. The second-order valence-corrected chi connectivity index (χ2v) is 9.67. The summed E-state index contributed by atoms with van der Waals surface area (Å²) in [5.74, 6) is 0.293. The van der Waals surface area contributed by atoms with E-state index in [2.05, 4.69) is 38.8 Å². The lowest BCUT2D eigenvalue weighted by atomic mass is 10.0. The Morgan fingerprint density at radius 2 is 2.00 bits per heavy atom. The van der Waals surface area contributed by atoms with Crippen molar-refractivity contribution in [2.24, 2.45) is 5.92 Å². The molecule has 1 aromatic heterocycles. The van der Waals surface area contributed by atoms with Crippen molar-refractivity contribution in [3.63, 3.8) is 0 Å². The standard InChI is InChI=1S/C23H30N4O2S/c1-15(2)23(29)25-19-7-9-26(10-8-19)13-22(28)27-11-6-18-12-17(4-5-21(18)27)20-14-30-16(3)24-20/h4-5,12,14-15,19H,6-11,13H2,1-3H3,(H,25,29). The highest BCUT2D eigenvalue weighted by molar-refractivity contribution is 7.09. The van der Waals surface area contributed by atoms with Gasteiger partial charge in [0.05, 0.1) is 17.2 Å². The Morgan fingerprint density at radius 1 is 1.23 bits per heavy atom. The lowest BCUT2D eigenvalue weighted by Gasteiger charge is -2.33. The first-order chi connectivity index (χ1) is 14.4. The fraction of sp³-hybridized carbons (Fsp3) is 0.522. The molecule has 0 saturated carbocycles. The van der Waals surface area contributed by atoms with Gasteiger partial charge >= 0.3 is 0 Å². The number of thiazole rings is 1. The second-order valence-electron chi connectivity index (χ2n) is 8.60. The van der Waals surface area contributed by atoms with Crippen molar-refractivity contribution in [3.8, 4) is 11.3 Å². The SMILES string of the molecule is Cc1nc(-c2ccc3c(c2)CCN3C(=O)CN2CCC(NC(=O)C(C)C)CC2)cs1. The van der Waals surface area contributed by atoms with E-state index >= 15 is 0 Å². The number of aromatic nitrogens is 1. The molecule has 0 bridgehead atoms. The lowest BCUT2D eigenvalue weighted by molar-refractivity contribution is -0.125. The normalized spacial score (nSPS) is 17.4. The maximum atomic E-state index is 13.0. The van der Waals surface area contributed by atoms with Gasteiger partial charge in [-0.15, -0.1) is 11.3 Å². The van der Waals surface area contributed by atoms with Gasteiger partial charge < -0.3 is 10.2 Å². The van der Waals surface area contributed by atoms with Crippen molar-refractivity contribution in [1.82, 2.24) is 15.2 Å². The van der Waals surface area contributed by atoms with Crippen LogP contribution in [-0.2, 0) is 16.0 Å². The van der Waals surface area contributed by atoms with Gasteiger partial charge in [0.1, 0.15) is 0 Å². The molecule has 2 aliphatic heterocycles. The quantitative estimate of drug-likeness (QED) is 0.797. The zero-order chi connectivity index (χ0) is 21.3. The van der Waals surface area contributed by atoms with Gasteiger partial charge in [-0.25, -0.2) is 4.98 Å². The summed E-state index contributed by atoms with van der Waals surface area (Å²) < 4.78 is 0. The molecule has 2 aromatic rings. The first-order valence-corrected chi connectivity index (χ1v) is 11.7. The number of fused-ring (bicyclic) bond motifs is 1. The van der Waals surface area contributed by atoms with Crippen LogP contribution in [0.25, 0.3) is 11.3 Å². The predicted octanol–water partition coefficient (Wildman–Crippen LogP) is 3.24. The Hall–Kier alpha value is -2.25. The molecule has 3 heterocycles. The molecular weight excluding hydrogens is 396 g/mol. The van der Waals surface area contributed by atoms with Crippen LogP contribution < -0.4 is 10.2 Å². The number of amides is 2. The number of aryl methyl sites for hydroxylation is 1. The largest absolute Gasteiger partial charge is 0.353 e. The fourth-order valence-electron chi connectivity index (χ4n) is 4.20. The monoisotopic (exact) mass is 426 g/mol. The smallest absolute Gasteiger partial charge is 0.241 e. The molecule has 30 heavy (non-hydrogen) atoms. The molecule has 0 unspecified atom stereocenters. The van der Waals surface area contributed by atoms with E-state index in [1.54, 1.807) is 11.3 Å². The molecule has 1 saturated heterocycles. The third-order valence-electron chi connectivity index (χ3n) is 6.01. The van der Waals surface area contributed by atoms with Crippen molar-refractivity contribution in [3.05, 3.63) is 34.2 Å². The summed E-state index contributed by atoms with van der Waals surface area (Å²) in [5.41, 5.74) is 4.40. The molecule has 160 valence electrons. The second kappa shape index (κ2) is 8.86. The number of carbonyl (C=O) groups excluding carboxylic acids is 2. The third kappa shape index (κ3) is 4.57. The highest BCUT2D eigenvalue weighted by Gasteiger charge is 2.28. The number of carbonyl (C=O) groups is 2. The van der Waals surface area contributed by atoms with E-state index in [0.29, 0.717) is 6.54 Å². The zero-order valence-corrected chi connectivity index (χ0v) is 18.8. The van der Waals surface area contributed by atoms with E-state index < -0.39 is 0 Å². The van der Waals surface area contributed by atoms with Crippen LogP contribution in [0.2, 0.25) is 0 Å². The Bertz CT molecular complexity index is 931. The fourth-order valence-corrected chi connectivity index (χ4v) is 4.82. The number of piperidine rings is 1. The number of hydrogen-bond donors (Lipinski definition) is 1. The van der Waals surface area contributed by atoms with E-state index in [9.17, 15) is 9.59 Å². The minimum absolute atomic E-state index is 0.0138.